The Hall–Kier alpha value is -1.51. The molecule has 80 valence electrons. The van der Waals surface area contributed by atoms with Gasteiger partial charge in [-0.3, -0.25) is 4.79 Å². The molecular weight excluding hydrogens is 195 g/mol. The fourth-order valence-corrected chi connectivity index (χ4v) is 1.28. The number of carbonyl (C=O) groups is 2. The third-order valence-corrected chi connectivity index (χ3v) is 2.13. The van der Waals surface area contributed by atoms with E-state index in [1.807, 2.05) is 0 Å². The summed E-state index contributed by atoms with van der Waals surface area (Å²) in [5.41, 5.74) is 0.916. The van der Waals surface area contributed by atoms with Gasteiger partial charge >= 0.3 is 0 Å². The zero-order valence-electron chi connectivity index (χ0n) is 8.84. The zero-order valence-corrected chi connectivity index (χ0v) is 8.84. The van der Waals surface area contributed by atoms with Crippen LogP contribution in [0.1, 0.15) is 35.7 Å². The molecular formula is C12H13FO2. The summed E-state index contributed by atoms with van der Waals surface area (Å²) in [6.45, 7) is 3.21. The van der Waals surface area contributed by atoms with Gasteiger partial charge in [0, 0.05) is 12.8 Å². The Labute approximate surface area is 88.1 Å². The number of rotatable bonds is 4. The Kier molecular flexibility index (Phi) is 3.72. The smallest absolute Gasteiger partial charge is 0.166 e. The molecule has 0 N–H and O–H groups in total. The molecule has 0 heterocycles. The summed E-state index contributed by atoms with van der Waals surface area (Å²) in [6.07, 6.45) is 0.252. The van der Waals surface area contributed by atoms with Crippen LogP contribution in [0.2, 0.25) is 0 Å². The number of carbonyl (C=O) groups excluding carboxylic acids is 2. The Morgan fingerprint density at radius 2 is 1.93 bits per heavy atom. The average Bonchev–Trinajstić information content (AvgIpc) is 2.18. The largest absolute Gasteiger partial charge is 0.300 e. The van der Waals surface area contributed by atoms with Crippen molar-refractivity contribution in [3.8, 4) is 0 Å². The van der Waals surface area contributed by atoms with E-state index in [2.05, 4.69) is 0 Å². The van der Waals surface area contributed by atoms with Gasteiger partial charge in [0.15, 0.2) is 5.78 Å². The van der Waals surface area contributed by atoms with Crippen LogP contribution in [0.3, 0.4) is 0 Å². The third-order valence-electron chi connectivity index (χ3n) is 2.13. The summed E-state index contributed by atoms with van der Waals surface area (Å²) in [6, 6.07) is 4.39. The van der Waals surface area contributed by atoms with Gasteiger partial charge in [-0.2, -0.15) is 0 Å². The molecule has 0 aromatic heterocycles. The molecule has 0 saturated carbocycles. The van der Waals surface area contributed by atoms with Crippen LogP contribution in [-0.4, -0.2) is 11.6 Å². The van der Waals surface area contributed by atoms with Gasteiger partial charge in [-0.25, -0.2) is 4.39 Å². The molecule has 0 radical (unpaired) electrons. The Balaban J connectivity index is 2.81. The van der Waals surface area contributed by atoms with E-state index in [0.29, 0.717) is 0 Å². The zero-order chi connectivity index (χ0) is 11.4. The van der Waals surface area contributed by atoms with Crippen LogP contribution in [0.25, 0.3) is 0 Å². The number of aryl methyl sites for hydroxylation is 1. The Morgan fingerprint density at radius 3 is 2.53 bits per heavy atom. The maximum Gasteiger partial charge on any atom is 0.166 e. The van der Waals surface area contributed by atoms with E-state index >= 15 is 0 Å². The lowest BCUT2D eigenvalue weighted by atomic mass is 10.0. The summed E-state index contributed by atoms with van der Waals surface area (Å²) in [5.74, 6) is -0.892. The number of ketones is 2. The first-order valence-corrected chi connectivity index (χ1v) is 4.79. The predicted molar refractivity (Wildman–Crippen MR) is 55.4 cm³/mol. The lowest BCUT2D eigenvalue weighted by Crippen LogP contribution is -2.05. The molecule has 3 heteroatoms. The number of hydrogen-bond donors (Lipinski definition) is 0. The summed E-state index contributed by atoms with van der Waals surface area (Å²) in [5, 5.41) is 0. The second-order valence-electron chi connectivity index (χ2n) is 3.61. The minimum absolute atomic E-state index is 0.0589. The van der Waals surface area contributed by atoms with Gasteiger partial charge in [-0.05, 0) is 26.0 Å². The minimum Gasteiger partial charge on any atom is -0.300 e. The average molecular weight is 208 g/mol. The van der Waals surface area contributed by atoms with Crippen molar-refractivity contribution in [2.45, 2.75) is 26.7 Å². The Morgan fingerprint density at radius 1 is 1.27 bits per heavy atom. The topological polar surface area (TPSA) is 34.1 Å². The van der Waals surface area contributed by atoms with Crippen molar-refractivity contribution in [1.82, 2.24) is 0 Å². The Bertz CT molecular complexity index is 397. The van der Waals surface area contributed by atoms with Crippen molar-refractivity contribution in [2.75, 3.05) is 0 Å². The van der Waals surface area contributed by atoms with Gasteiger partial charge in [0.05, 0.1) is 5.56 Å². The van der Waals surface area contributed by atoms with E-state index in [1.165, 1.54) is 19.1 Å². The number of benzene rings is 1. The van der Waals surface area contributed by atoms with Crippen molar-refractivity contribution < 1.29 is 14.0 Å². The number of halogens is 1. The highest BCUT2D eigenvalue weighted by Crippen LogP contribution is 2.13. The van der Waals surface area contributed by atoms with E-state index in [4.69, 9.17) is 0 Å². The molecule has 0 aliphatic rings. The molecule has 1 aromatic rings. The molecule has 0 atom stereocenters. The molecule has 0 bridgehead atoms. The highest BCUT2D eigenvalue weighted by Gasteiger charge is 2.12. The van der Waals surface area contributed by atoms with Crippen LogP contribution in [0.4, 0.5) is 4.39 Å². The second kappa shape index (κ2) is 4.82. The van der Waals surface area contributed by atoms with Crippen molar-refractivity contribution >= 4 is 11.6 Å². The van der Waals surface area contributed by atoms with Crippen LogP contribution in [0.5, 0.6) is 0 Å². The van der Waals surface area contributed by atoms with Crippen molar-refractivity contribution in [2.24, 2.45) is 0 Å². The molecule has 1 aromatic carbocycles. The third kappa shape index (κ3) is 3.27. The van der Waals surface area contributed by atoms with Gasteiger partial charge in [-0.15, -0.1) is 0 Å². The number of Topliss-reactive ketones (excluding diaryl/α,β-unsaturated/α-hetero) is 2. The van der Waals surface area contributed by atoms with Crippen molar-refractivity contribution in [3.05, 3.63) is 35.1 Å². The first kappa shape index (κ1) is 11.6. The van der Waals surface area contributed by atoms with Crippen LogP contribution < -0.4 is 0 Å². The highest BCUT2D eigenvalue weighted by atomic mass is 19.1. The molecule has 0 amide bonds. The molecule has 0 unspecified atom stereocenters. The molecule has 0 saturated heterocycles. The second-order valence-corrected chi connectivity index (χ2v) is 3.61. The van der Waals surface area contributed by atoms with Gasteiger partial charge in [0.1, 0.15) is 11.6 Å². The van der Waals surface area contributed by atoms with Crippen LogP contribution in [0, 0.1) is 12.7 Å². The molecule has 2 nitrogen and oxygen atoms in total. The van der Waals surface area contributed by atoms with Crippen LogP contribution >= 0.6 is 0 Å². The summed E-state index contributed by atoms with van der Waals surface area (Å²) < 4.78 is 13.2. The first-order chi connectivity index (χ1) is 7.00. The molecule has 0 aliphatic carbocycles. The maximum absolute atomic E-state index is 13.2. The van der Waals surface area contributed by atoms with Crippen LogP contribution in [-0.2, 0) is 4.79 Å². The maximum atomic E-state index is 13.2. The van der Waals surface area contributed by atoms with Gasteiger partial charge in [-0.1, -0.05) is 11.6 Å². The predicted octanol–water partition coefficient (Wildman–Crippen LogP) is 2.69. The SMILES string of the molecule is CC(=O)CCC(=O)c1cc(C)ccc1F. The lowest BCUT2D eigenvalue weighted by molar-refractivity contribution is -0.116. The summed E-state index contributed by atoms with van der Waals surface area (Å²) in [7, 11) is 0. The minimum atomic E-state index is -0.519. The van der Waals surface area contributed by atoms with E-state index in [0.717, 1.165) is 5.56 Å². The van der Waals surface area contributed by atoms with E-state index in [9.17, 15) is 14.0 Å². The van der Waals surface area contributed by atoms with Crippen LogP contribution in [0.15, 0.2) is 18.2 Å². The fourth-order valence-electron chi connectivity index (χ4n) is 1.28. The van der Waals surface area contributed by atoms with Gasteiger partial charge in [0.2, 0.25) is 0 Å². The summed E-state index contributed by atoms with van der Waals surface area (Å²) in [4.78, 5) is 22.2. The fraction of sp³-hybridized carbons (Fsp3) is 0.333. The molecule has 0 aliphatic heterocycles. The molecule has 15 heavy (non-hydrogen) atoms. The van der Waals surface area contributed by atoms with Crippen molar-refractivity contribution in [1.29, 1.82) is 0 Å². The quantitative estimate of drug-likeness (QED) is 0.713. The standard InChI is InChI=1S/C12H13FO2/c1-8-3-5-11(13)10(7-8)12(15)6-4-9(2)14/h3,5,7H,4,6H2,1-2H3. The monoisotopic (exact) mass is 208 g/mol. The molecule has 0 fully saturated rings. The van der Waals surface area contributed by atoms with Gasteiger partial charge < -0.3 is 4.79 Å². The summed E-state index contributed by atoms with van der Waals surface area (Å²) >= 11 is 0. The lowest BCUT2D eigenvalue weighted by Gasteiger charge is -2.02. The van der Waals surface area contributed by atoms with E-state index in [-0.39, 0.29) is 30.0 Å². The van der Waals surface area contributed by atoms with E-state index in [1.54, 1.807) is 13.0 Å². The normalized spacial score (nSPS) is 10.1. The first-order valence-electron chi connectivity index (χ1n) is 4.79. The van der Waals surface area contributed by atoms with Crippen molar-refractivity contribution in [3.63, 3.8) is 0 Å². The number of hydrogen-bond acceptors (Lipinski definition) is 2. The molecule has 0 spiro atoms. The molecule has 1 rings (SSSR count). The van der Waals surface area contributed by atoms with E-state index < -0.39 is 5.82 Å². The highest BCUT2D eigenvalue weighted by molar-refractivity contribution is 5.98. The van der Waals surface area contributed by atoms with Gasteiger partial charge in [0.25, 0.3) is 0 Å².